The molecule has 10 N–H and O–H groups in total. The van der Waals surface area contributed by atoms with Gasteiger partial charge in [-0.15, -0.1) is 0 Å². The molecule has 0 aromatic heterocycles. The minimum Gasteiger partial charge on any atom is -0.481 e. The van der Waals surface area contributed by atoms with E-state index in [2.05, 4.69) is 43.8 Å². The van der Waals surface area contributed by atoms with Gasteiger partial charge in [-0.2, -0.15) is 23.5 Å². The zero-order valence-corrected chi connectivity index (χ0v) is 61.4. The van der Waals surface area contributed by atoms with Crippen molar-refractivity contribution in [1.82, 2.24) is 66.2 Å². The first-order valence-corrected chi connectivity index (χ1v) is 38.9. The van der Waals surface area contributed by atoms with E-state index in [-0.39, 0.29) is 98.4 Å². The second-order valence-electron chi connectivity index (χ2n) is 29.9. The lowest BCUT2D eigenvalue weighted by Gasteiger charge is -2.40. The first-order chi connectivity index (χ1) is 47.8. The van der Waals surface area contributed by atoms with E-state index in [1.54, 1.807) is 6.92 Å². The second kappa shape index (κ2) is 36.4. The van der Waals surface area contributed by atoms with Crippen LogP contribution in [0.2, 0.25) is 0 Å². The van der Waals surface area contributed by atoms with Gasteiger partial charge in [0.25, 0.3) is 0 Å². The number of benzene rings is 1. The van der Waals surface area contributed by atoms with Crippen LogP contribution in [0.25, 0.3) is 0 Å². The maximum absolute atomic E-state index is 16.0. The summed E-state index contributed by atoms with van der Waals surface area (Å²) in [5, 5.41) is 40.0. The van der Waals surface area contributed by atoms with Gasteiger partial charge in [-0.05, 0) is 151 Å². The molecular weight excluding hydrogens is 1320 g/mol. The number of primary amides is 1. The van der Waals surface area contributed by atoms with Gasteiger partial charge in [-0.25, -0.2) is 0 Å². The van der Waals surface area contributed by atoms with Gasteiger partial charge in [0.1, 0.15) is 48.3 Å². The fourth-order valence-electron chi connectivity index (χ4n) is 17.3. The Balaban J connectivity index is 1.06. The van der Waals surface area contributed by atoms with Gasteiger partial charge in [-0.1, -0.05) is 49.9 Å². The Morgan fingerprint density at radius 1 is 0.630 bits per heavy atom. The van der Waals surface area contributed by atoms with Crippen molar-refractivity contribution in [3.63, 3.8) is 0 Å². The van der Waals surface area contributed by atoms with E-state index in [1.807, 2.05) is 24.3 Å². The average molecular weight is 1430 g/mol. The van der Waals surface area contributed by atoms with Crippen LogP contribution in [-0.4, -0.2) is 275 Å². The summed E-state index contributed by atoms with van der Waals surface area (Å²) in [4.78, 5) is 171. The molecule has 1 aromatic carbocycles. The first-order valence-electron chi connectivity index (χ1n) is 36.6. The lowest BCUT2D eigenvalue weighted by Crippen LogP contribution is -2.61. The van der Waals surface area contributed by atoms with Gasteiger partial charge in [-0.3, -0.25) is 52.7 Å². The van der Waals surface area contributed by atoms with Crippen molar-refractivity contribution in [2.45, 2.75) is 219 Å². The highest BCUT2D eigenvalue weighted by Crippen LogP contribution is 2.43. The van der Waals surface area contributed by atoms with E-state index < -0.39 is 133 Å². The molecule has 3 aliphatic carbocycles. The number of nitrogens with zero attached hydrogens (tertiary/aromatic N) is 7. The molecule has 3 saturated carbocycles. The van der Waals surface area contributed by atoms with Crippen molar-refractivity contribution in [3.8, 4) is 0 Å². The molecule has 9 rings (SSSR count). The summed E-state index contributed by atoms with van der Waals surface area (Å²) in [6.07, 6.45) is 9.87. The number of thioether (sulfide) groups is 2. The van der Waals surface area contributed by atoms with E-state index in [4.69, 9.17) is 5.73 Å². The summed E-state index contributed by atoms with van der Waals surface area (Å²) in [6.45, 7) is 3.28. The molecule has 5 aliphatic heterocycles. The SMILES string of the molecule is C[C@@H]1NC(=O)CCSCc2cccc(c2)CSC[C@@H](C(N)=O)NC(=O)[C@@H]2CCCN2C(=O)[C@H](CC2CCC(O)CC2)N(C)C(=O)[C@H](CC2CNCN2)NC(=O)[C@H](CC(=O)O)N(C)C(=O)[C@H](CC2CN(C)C3CCCCC23)N(C)C(=O)[C@H](CC2CNC3CCCCC23)N(C)C(=O)CN(C)C1=O. The number of amides is 10. The number of carbonyl (C=O) groups excluding carboxylic acids is 10. The Hall–Kier alpha value is -6.11. The number of aliphatic carboxylic acids is 1. The van der Waals surface area contributed by atoms with Crippen molar-refractivity contribution in [1.29, 1.82) is 0 Å². The highest BCUT2D eigenvalue weighted by Gasteiger charge is 2.49. The number of carbonyl (C=O) groups is 11. The maximum Gasteiger partial charge on any atom is 0.305 e. The largest absolute Gasteiger partial charge is 0.481 e. The lowest BCUT2D eigenvalue weighted by molar-refractivity contribution is -0.155. The molecule has 7 unspecified atom stereocenters. The van der Waals surface area contributed by atoms with Crippen molar-refractivity contribution in [3.05, 3.63) is 35.4 Å². The fraction of sp³-hybridized carbons (Fsp3) is 0.761. The summed E-state index contributed by atoms with van der Waals surface area (Å²) in [5.74, 6) is -5.86. The van der Waals surface area contributed by atoms with Crippen molar-refractivity contribution >= 4 is 88.6 Å². The molecule has 5 heterocycles. The van der Waals surface area contributed by atoms with Crippen LogP contribution in [0.4, 0.5) is 0 Å². The Morgan fingerprint density at radius 2 is 1.27 bits per heavy atom. The van der Waals surface area contributed by atoms with Gasteiger partial charge in [0, 0.05) is 109 Å². The van der Waals surface area contributed by atoms with Gasteiger partial charge < -0.3 is 82.1 Å². The number of likely N-dealkylation sites (N-methyl/N-ethyl adjacent to an activating group) is 5. The molecule has 8 aliphatic rings. The molecule has 4 saturated heterocycles. The van der Waals surface area contributed by atoms with E-state index in [0.717, 1.165) is 67.4 Å². The van der Waals surface area contributed by atoms with Crippen LogP contribution in [0.5, 0.6) is 0 Å². The standard InChI is InChI=1S/C71H112N14O13S2/c1-42-67(94)80(3)37-62(88)81(4)59(30-46-34-74-52-18-10-8-16-50(46)52)69(96)84(7)60(31-47-36-79(2)55-19-11-9-17-51(47)55)70(97)82(5)57(33-63(89)90)66(93)77-53(32-48-35-73-41-75-48)68(95)83(6)58(29-43-21-23-49(86)24-22-43)71(98)85-26-13-20-56(85)65(92)78-54(64(72)91)40-100-39-45-15-12-14-44(28-45)38-99-27-25-61(87)76-42/h12,14-15,28,42-43,46-60,73-75,86H,8-11,13,16-27,29-41H2,1-7H3,(H2,72,91)(H,76,87)(H,77,93)(H,78,92)(H,89,90)/t42-,43?,46?,47?,48?,49?,50?,51?,52?,53-,54-,55?,56-,57-,58-,59-,60-/m0/s1. The predicted molar refractivity (Wildman–Crippen MR) is 380 cm³/mol. The minimum absolute atomic E-state index is 0.0232. The lowest BCUT2D eigenvalue weighted by atomic mass is 9.77. The summed E-state index contributed by atoms with van der Waals surface area (Å²) in [7, 11) is 9.43. The molecule has 2 bridgehead atoms. The number of likely N-dealkylation sites (tertiary alicyclic amines) is 1. The van der Waals surface area contributed by atoms with Crippen molar-refractivity contribution in [2.24, 2.45) is 35.3 Å². The number of fused-ring (bicyclic) bond motifs is 5. The van der Waals surface area contributed by atoms with Crippen LogP contribution in [0.1, 0.15) is 146 Å². The fourth-order valence-corrected chi connectivity index (χ4v) is 19.2. The number of nitrogens with one attached hydrogen (secondary N) is 6. The van der Waals surface area contributed by atoms with E-state index in [0.29, 0.717) is 75.7 Å². The summed E-state index contributed by atoms with van der Waals surface area (Å²) >= 11 is 2.93. The number of aliphatic hydroxyl groups excluding tert-OH is 1. The molecule has 0 spiro atoms. The third kappa shape index (κ3) is 20.0. The van der Waals surface area contributed by atoms with Crippen LogP contribution < -0.4 is 37.6 Å². The number of hydrogen-bond acceptors (Lipinski definition) is 18. The zero-order chi connectivity index (χ0) is 72.1. The molecule has 29 heteroatoms. The van der Waals surface area contributed by atoms with Crippen LogP contribution in [-0.2, 0) is 64.2 Å². The first kappa shape index (κ1) is 78.0. The third-order valence-corrected chi connectivity index (χ3v) is 25.3. The molecule has 0 radical (unpaired) electrons. The average Bonchev–Trinajstić information content (AvgIpc) is 1.75. The van der Waals surface area contributed by atoms with E-state index in [9.17, 15) is 39.0 Å². The highest BCUT2D eigenvalue weighted by atomic mass is 32.2. The predicted octanol–water partition coefficient (Wildman–Crippen LogP) is 1.28. The van der Waals surface area contributed by atoms with Gasteiger partial charge in [0.05, 0.1) is 19.1 Å². The Morgan fingerprint density at radius 3 is 1.96 bits per heavy atom. The van der Waals surface area contributed by atoms with Crippen LogP contribution in [0, 0.1) is 29.6 Å². The number of carboxylic acids is 1. The number of hydrogen-bond donors (Lipinski definition) is 9. The molecule has 15 atom stereocenters. The van der Waals surface area contributed by atoms with Crippen LogP contribution >= 0.6 is 23.5 Å². The molecule has 27 nitrogen and oxygen atoms in total. The Labute approximate surface area is 598 Å². The molecule has 100 heavy (non-hydrogen) atoms. The quantitative estimate of drug-likeness (QED) is 0.151. The van der Waals surface area contributed by atoms with E-state index >= 15 is 24.0 Å². The molecule has 7 fully saturated rings. The smallest absolute Gasteiger partial charge is 0.305 e. The summed E-state index contributed by atoms with van der Waals surface area (Å²) < 4.78 is 0. The number of carboxylic acid groups (broad SMARTS) is 1. The second-order valence-corrected chi connectivity index (χ2v) is 32.1. The number of aliphatic hydroxyl groups is 1. The molecule has 1 aromatic rings. The van der Waals surface area contributed by atoms with Gasteiger partial charge in [0.2, 0.25) is 59.1 Å². The van der Waals surface area contributed by atoms with E-state index in [1.165, 1.54) is 83.3 Å². The Kier molecular flexibility index (Phi) is 28.4. The summed E-state index contributed by atoms with van der Waals surface area (Å²) in [6, 6.07) is -1.92. The molecule has 10 amide bonds. The van der Waals surface area contributed by atoms with Gasteiger partial charge in [0.15, 0.2) is 0 Å². The molecule has 556 valence electrons. The van der Waals surface area contributed by atoms with Crippen molar-refractivity contribution in [2.75, 3.05) is 93.2 Å². The number of nitrogens with two attached hydrogens (primary N) is 1. The monoisotopic (exact) mass is 1430 g/mol. The minimum atomic E-state index is -1.74. The Bertz CT molecular complexity index is 3070. The van der Waals surface area contributed by atoms with Gasteiger partial charge >= 0.3 is 5.97 Å². The van der Waals surface area contributed by atoms with Crippen LogP contribution in [0.15, 0.2) is 24.3 Å². The maximum atomic E-state index is 16.0. The topological polar surface area (TPSA) is 349 Å². The third-order valence-electron chi connectivity index (χ3n) is 23.1. The number of rotatable bonds is 11. The molecular formula is C71H112N14O13S2. The van der Waals surface area contributed by atoms with Crippen molar-refractivity contribution < 1.29 is 63.0 Å². The van der Waals surface area contributed by atoms with Crippen LogP contribution in [0.3, 0.4) is 0 Å². The highest BCUT2D eigenvalue weighted by molar-refractivity contribution is 7.98. The summed E-state index contributed by atoms with van der Waals surface area (Å²) in [5.41, 5.74) is 7.88. The zero-order valence-electron chi connectivity index (χ0n) is 59.7. The normalized spacial score (nSPS) is 34.1.